The van der Waals surface area contributed by atoms with Crippen molar-refractivity contribution in [3.05, 3.63) is 29.8 Å². The van der Waals surface area contributed by atoms with Crippen LogP contribution in [0, 0.1) is 0 Å². The van der Waals surface area contributed by atoms with Crippen molar-refractivity contribution in [3.8, 4) is 0 Å². The van der Waals surface area contributed by atoms with Crippen LogP contribution in [0.5, 0.6) is 0 Å². The molecule has 20 heavy (non-hydrogen) atoms. The highest BCUT2D eigenvalue weighted by molar-refractivity contribution is 7.89. The Morgan fingerprint density at radius 2 is 1.95 bits per heavy atom. The Kier molecular flexibility index (Phi) is 4.90. The van der Waals surface area contributed by atoms with E-state index >= 15 is 0 Å². The van der Waals surface area contributed by atoms with Gasteiger partial charge in [0, 0.05) is 31.7 Å². The zero-order valence-electron chi connectivity index (χ0n) is 12.2. The number of benzene rings is 1. The fourth-order valence-corrected chi connectivity index (χ4v) is 2.69. The lowest BCUT2D eigenvalue weighted by molar-refractivity contribution is 0.0827. The molecule has 0 aliphatic carbocycles. The van der Waals surface area contributed by atoms with Crippen LogP contribution in [0.25, 0.3) is 0 Å². The van der Waals surface area contributed by atoms with E-state index in [1.165, 1.54) is 17.0 Å². The lowest BCUT2D eigenvalue weighted by Crippen LogP contribution is -2.45. The van der Waals surface area contributed by atoms with Crippen LogP contribution in [-0.2, 0) is 10.0 Å². The Morgan fingerprint density at radius 3 is 2.45 bits per heavy atom. The molecular formula is C13H21N3O3S. The van der Waals surface area contributed by atoms with E-state index in [9.17, 15) is 13.2 Å². The van der Waals surface area contributed by atoms with Gasteiger partial charge in [-0.15, -0.1) is 0 Å². The number of nitrogens with two attached hydrogens (primary N) is 1. The summed E-state index contributed by atoms with van der Waals surface area (Å²) in [5, 5.41) is 0. The third-order valence-corrected chi connectivity index (χ3v) is 3.91. The molecule has 0 spiro atoms. The maximum Gasteiger partial charge on any atom is 0.253 e. The van der Waals surface area contributed by atoms with Gasteiger partial charge in [0.25, 0.3) is 5.91 Å². The van der Waals surface area contributed by atoms with E-state index in [-0.39, 0.29) is 17.3 Å². The summed E-state index contributed by atoms with van der Waals surface area (Å²) in [4.78, 5) is 13.3. The minimum absolute atomic E-state index is 0.0504. The molecule has 0 unspecified atom stereocenters. The maximum atomic E-state index is 12.1. The van der Waals surface area contributed by atoms with E-state index in [1.807, 2.05) is 0 Å². The van der Waals surface area contributed by atoms with Gasteiger partial charge in [0.05, 0.1) is 4.90 Å². The number of hydrogen-bond acceptors (Lipinski definition) is 4. The molecule has 0 fully saturated rings. The van der Waals surface area contributed by atoms with Crippen LogP contribution in [0.4, 0.5) is 0 Å². The van der Waals surface area contributed by atoms with Crippen molar-refractivity contribution >= 4 is 15.9 Å². The highest BCUT2D eigenvalue weighted by Gasteiger charge is 2.20. The minimum atomic E-state index is -3.68. The maximum absolute atomic E-state index is 12.1. The minimum Gasteiger partial charge on any atom is -0.345 e. The number of carbonyl (C=O) groups is 1. The summed E-state index contributed by atoms with van der Waals surface area (Å²) in [5.74, 6) is -0.249. The van der Waals surface area contributed by atoms with Crippen molar-refractivity contribution in [1.82, 2.24) is 9.62 Å². The third-order valence-electron chi connectivity index (χ3n) is 2.52. The number of nitrogens with zero attached hydrogens (tertiary/aromatic N) is 1. The molecule has 0 saturated heterocycles. The van der Waals surface area contributed by atoms with E-state index in [1.54, 1.807) is 40.1 Å². The van der Waals surface area contributed by atoms with Gasteiger partial charge in [-0.05, 0) is 32.0 Å². The van der Waals surface area contributed by atoms with Crippen molar-refractivity contribution in [2.45, 2.75) is 24.3 Å². The standard InChI is InChI=1S/C13H21N3O3S/c1-13(2,14)9-15-20(18,19)11-7-5-6-10(8-11)12(17)16(3)4/h5-8,15H,9,14H2,1-4H3. The monoisotopic (exact) mass is 299 g/mol. The fraction of sp³-hybridized carbons (Fsp3) is 0.462. The third kappa shape index (κ3) is 4.59. The van der Waals surface area contributed by atoms with Gasteiger partial charge in [-0.1, -0.05) is 6.07 Å². The molecule has 0 aliphatic rings. The first-order valence-corrected chi connectivity index (χ1v) is 7.61. The van der Waals surface area contributed by atoms with Crippen LogP contribution in [-0.4, -0.2) is 45.4 Å². The van der Waals surface area contributed by atoms with Gasteiger partial charge in [-0.25, -0.2) is 13.1 Å². The molecule has 0 heterocycles. The van der Waals surface area contributed by atoms with Crippen molar-refractivity contribution in [3.63, 3.8) is 0 Å². The summed E-state index contributed by atoms with van der Waals surface area (Å²) in [6.45, 7) is 3.56. The van der Waals surface area contributed by atoms with Gasteiger partial charge in [0.15, 0.2) is 0 Å². The summed E-state index contributed by atoms with van der Waals surface area (Å²) >= 11 is 0. The van der Waals surface area contributed by atoms with Crippen LogP contribution in [0.15, 0.2) is 29.2 Å². The van der Waals surface area contributed by atoms with Gasteiger partial charge >= 0.3 is 0 Å². The van der Waals surface area contributed by atoms with E-state index in [0.29, 0.717) is 5.56 Å². The van der Waals surface area contributed by atoms with Gasteiger partial charge in [0.1, 0.15) is 0 Å². The summed E-state index contributed by atoms with van der Waals surface area (Å²) < 4.78 is 26.7. The Hall–Kier alpha value is -1.44. The number of rotatable bonds is 5. The largest absolute Gasteiger partial charge is 0.345 e. The Balaban J connectivity index is 3.02. The summed E-state index contributed by atoms with van der Waals surface area (Å²) in [6, 6.07) is 5.92. The molecule has 7 heteroatoms. The van der Waals surface area contributed by atoms with E-state index in [2.05, 4.69) is 4.72 Å². The average molecular weight is 299 g/mol. The molecule has 112 valence electrons. The number of amides is 1. The van der Waals surface area contributed by atoms with Crippen molar-refractivity contribution in [1.29, 1.82) is 0 Å². The van der Waals surface area contributed by atoms with Crippen LogP contribution in [0.3, 0.4) is 0 Å². The van der Waals surface area contributed by atoms with Gasteiger partial charge < -0.3 is 10.6 Å². The number of carbonyl (C=O) groups excluding carboxylic acids is 1. The van der Waals surface area contributed by atoms with Gasteiger partial charge in [0.2, 0.25) is 10.0 Å². The summed E-state index contributed by atoms with van der Waals surface area (Å²) in [7, 11) is -0.456. The van der Waals surface area contributed by atoms with Crippen LogP contribution >= 0.6 is 0 Å². The van der Waals surface area contributed by atoms with E-state index in [4.69, 9.17) is 5.73 Å². The number of nitrogens with one attached hydrogen (secondary N) is 1. The van der Waals surface area contributed by atoms with Crippen LogP contribution < -0.4 is 10.5 Å². The topological polar surface area (TPSA) is 92.5 Å². The Labute approximate surface area is 120 Å². The first-order valence-electron chi connectivity index (χ1n) is 6.13. The summed E-state index contributed by atoms with van der Waals surface area (Å²) in [5.41, 5.74) is 5.43. The molecule has 1 aromatic rings. The zero-order chi connectivity index (χ0) is 15.6. The molecule has 0 atom stereocenters. The zero-order valence-corrected chi connectivity index (χ0v) is 13.0. The smallest absolute Gasteiger partial charge is 0.253 e. The van der Waals surface area contributed by atoms with Crippen molar-refractivity contribution < 1.29 is 13.2 Å². The molecule has 0 radical (unpaired) electrons. The molecule has 6 nitrogen and oxygen atoms in total. The molecule has 3 N–H and O–H groups in total. The second-order valence-corrected chi connectivity index (χ2v) is 7.31. The van der Waals surface area contributed by atoms with Crippen molar-refractivity contribution in [2.24, 2.45) is 5.73 Å². The van der Waals surface area contributed by atoms with E-state index in [0.717, 1.165) is 0 Å². The molecule has 1 aromatic carbocycles. The van der Waals surface area contributed by atoms with Crippen LogP contribution in [0.1, 0.15) is 24.2 Å². The van der Waals surface area contributed by atoms with E-state index < -0.39 is 15.6 Å². The molecule has 1 amide bonds. The van der Waals surface area contributed by atoms with Crippen molar-refractivity contribution in [2.75, 3.05) is 20.6 Å². The van der Waals surface area contributed by atoms with Gasteiger partial charge in [-0.3, -0.25) is 4.79 Å². The molecule has 0 bridgehead atoms. The first kappa shape index (κ1) is 16.6. The Bertz CT molecular complexity index is 589. The normalized spacial score (nSPS) is 12.2. The molecular weight excluding hydrogens is 278 g/mol. The second kappa shape index (κ2) is 5.90. The second-order valence-electron chi connectivity index (χ2n) is 5.54. The number of sulfonamides is 1. The first-order chi connectivity index (χ1) is 9.03. The quantitative estimate of drug-likeness (QED) is 0.823. The van der Waals surface area contributed by atoms with Gasteiger partial charge in [-0.2, -0.15) is 0 Å². The fourth-order valence-electron chi connectivity index (χ4n) is 1.42. The molecule has 0 aromatic heterocycles. The molecule has 1 rings (SSSR count). The summed E-state index contributed by atoms with van der Waals surface area (Å²) in [6.07, 6.45) is 0. The lowest BCUT2D eigenvalue weighted by Gasteiger charge is -2.19. The van der Waals surface area contributed by atoms with Crippen LogP contribution in [0.2, 0.25) is 0 Å². The SMILES string of the molecule is CN(C)C(=O)c1cccc(S(=O)(=O)NCC(C)(C)N)c1. The molecule has 0 aliphatic heterocycles. The predicted octanol–water partition coefficient (Wildman–Crippen LogP) is 0.404. The average Bonchev–Trinajstić information content (AvgIpc) is 2.35. The number of hydrogen-bond donors (Lipinski definition) is 2. The Morgan fingerprint density at radius 1 is 1.35 bits per heavy atom. The predicted molar refractivity (Wildman–Crippen MR) is 77.9 cm³/mol. The molecule has 0 saturated carbocycles. The highest BCUT2D eigenvalue weighted by Crippen LogP contribution is 2.13. The lowest BCUT2D eigenvalue weighted by atomic mass is 10.1. The highest BCUT2D eigenvalue weighted by atomic mass is 32.2.